The van der Waals surface area contributed by atoms with E-state index in [0.717, 1.165) is 22.6 Å². The molecule has 0 heterocycles. The molecule has 8 rings (SSSR count). The molecule has 2 nitrogen and oxygen atoms in total. The molecule has 0 saturated heterocycles. The van der Waals surface area contributed by atoms with E-state index in [-0.39, 0.29) is 5.41 Å². The third kappa shape index (κ3) is 6.58. The maximum absolute atomic E-state index is 6.19. The molecule has 0 amide bonds. The fourth-order valence-corrected chi connectivity index (χ4v) is 7.68. The molecule has 0 aliphatic rings. The van der Waals surface area contributed by atoms with Gasteiger partial charge in [0.05, 0.1) is 13.2 Å². The van der Waals surface area contributed by atoms with Crippen LogP contribution in [0.3, 0.4) is 0 Å². The molecule has 2 heteroatoms. The van der Waals surface area contributed by atoms with Crippen molar-refractivity contribution >= 4 is 67.4 Å². The van der Waals surface area contributed by atoms with Gasteiger partial charge in [-0.05, 0) is 116 Å². The second-order valence-corrected chi connectivity index (χ2v) is 14.1. The highest BCUT2D eigenvalue weighted by Gasteiger charge is 2.25. The molecule has 0 radical (unpaired) electrons. The lowest BCUT2D eigenvalue weighted by Crippen LogP contribution is -2.19. The van der Waals surface area contributed by atoms with Crippen LogP contribution >= 0.6 is 0 Å². The van der Waals surface area contributed by atoms with Crippen LogP contribution in [-0.2, 0) is 5.41 Å². The Kier molecular flexibility index (Phi) is 9.29. The first-order chi connectivity index (χ1) is 25.9. The van der Waals surface area contributed by atoms with Crippen molar-refractivity contribution in [3.05, 3.63) is 179 Å². The van der Waals surface area contributed by atoms with Crippen molar-refractivity contribution in [2.75, 3.05) is 13.2 Å². The molecule has 0 saturated carbocycles. The highest BCUT2D eigenvalue weighted by molar-refractivity contribution is 6.09. The summed E-state index contributed by atoms with van der Waals surface area (Å²) in [7, 11) is 0. The van der Waals surface area contributed by atoms with Crippen LogP contribution in [-0.4, -0.2) is 13.2 Å². The lowest BCUT2D eigenvalue weighted by Gasteiger charge is -2.28. The Morgan fingerprint density at radius 2 is 0.755 bits per heavy atom. The smallest absolute Gasteiger partial charge is 0.126 e. The van der Waals surface area contributed by atoms with Gasteiger partial charge in [-0.3, -0.25) is 0 Å². The van der Waals surface area contributed by atoms with Gasteiger partial charge in [-0.15, -0.1) is 0 Å². The second kappa shape index (κ2) is 14.5. The van der Waals surface area contributed by atoms with Gasteiger partial charge >= 0.3 is 0 Å². The number of rotatable bonds is 10. The van der Waals surface area contributed by atoms with E-state index in [1.807, 2.05) is 13.8 Å². The van der Waals surface area contributed by atoms with Gasteiger partial charge in [0.25, 0.3) is 0 Å². The van der Waals surface area contributed by atoms with Crippen molar-refractivity contribution in [2.24, 2.45) is 0 Å². The molecule has 0 spiro atoms. The van der Waals surface area contributed by atoms with Crippen molar-refractivity contribution in [1.82, 2.24) is 0 Å². The molecule has 53 heavy (non-hydrogen) atoms. The fourth-order valence-electron chi connectivity index (χ4n) is 7.68. The van der Waals surface area contributed by atoms with Crippen LogP contribution in [0.15, 0.2) is 146 Å². The number of hydrogen-bond donors (Lipinski definition) is 0. The second-order valence-electron chi connectivity index (χ2n) is 14.1. The van der Waals surface area contributed by atoms with Crippen molar-refractivity contribution in [2.45, 2.75) is 33.1 Å². The molecule has 8 aromatic rings. The summed E-state index contributed by atoms with van der Waals surface area (Å²) < 4.78 is 12.4. The lowest BCUT2D eigenvalue weighted by atomic mass is 9.77. The highest BCUT2D eigenvalue weighted by atomic mass is 16.5. The van der Waals surface area contributed by atoms with Gasteiger partial charge in [0, 0.05) is 16.5 Å². The van der Waals surface area contributed by atoms with Crippen molar-refractivity contribution in [3.63, 3.8) is 0 Å². The van der Waals surface area contributed by atoms with Crippen LogP contribution < -0.4 is 9.47 Å². The van der Waals surface area contributed by atoms with Gasteiger partial charge in [-0.25, -0.2) is 0 Å². The van der Waals surface area contributed by atoms with Crippen LogP contribution in [0.25, 0.3) is 67.4 Å². The van der Waals surface area contributed by atoms with E-state index in [1.165, 1.54) is 65.3 Å². The first kappa shape index (κ1) is 34.0. The minimum absolute atomic E-state index is 0.307. The molecule has 0 aromatic heterocycles. The van der Waals surface area contributed by atoms with Gasteiger partial charge in [0.2, 0.25) is 0 Å². The van der Waals surface area contributed by atoms with Crippen LogP contribution in [0, 0.1) is 0 Å². The van der Waals surface area contributed by atoms with E-state index < -0.39 is 0 Å². The largest absolute Gasteiger partial charge is 0.493 e. The maximum atomic E-state index is 6.19. The van der Waals surface area contributed by atoms with Gasteiger partial charge in [-0.2, -0.15) is 0 Å². The first-order valence-electron chi connectivity index (χ1n) is 18.7. The SMILES string of the molecule is CCOc1ccc(C(C)(C)c2ccc(OCC)c(/C=C/c3c4ccccc4cc4ccccc34)c2)cc1/C=C\c1c2ccccc2cc2ccccc12. The van der Waals surface area contributed by atoms with Gasteiger partial charge in [0.15, 0.2) is 0 Å². The Hall–Kier alpha value is -6.12. The maximum Gasteiger partial charge on any atom is 0.126 e. The number of ether oxygens (including phenoxy) is 2. The summed E-state index contributed by atoms with van der Waals surface area (Å²) in [6.07, 6.45) is 8.96. The Morgan fingerprint density at radius 1 is 0.415 bits per heavy atom. The molecule has 0 atom stereocenters. The molecule has 0 unspecified atom stereocenters. The van der Waals surface area contributed by atoms with E-state index in [0.29, 0.717) is 13.2 Å². The van der Waals surface area contributed by atoms with Gasteiger partial charge in [0.1, 0.15) is 11.5 Å². The summed E-state index contributed by atoms with van der Waals surface area (Å²) in [4.78, 5) is 0. The summed E-state index contributed by atoms with van der Waals surface area (Å²) in [5.41, 5.74) is 6.66. The standard InChI is InChI=1S/C51H44O2/c1-5-52-49-29-25-41(33-39(49)23-27-47-43-19-11-7-15-35(43)31-36-16-8-12-20-44(36)47)51(3,4)42-26-30-50(53-6-2)40(34-42)24-28-48-45-21-13-9-17-37(45)32-38-18-10-14-22-46(38)48/h7-34H,5-6H2,1-4H3/b27-23-,28-24+. The molecule has 0 fully saturated rings. The molecule has 8 aromatic carbocycles. The van der Waals surface area contributed by atoms with Crippen LogP contribution in [0.1, 0.15) is 61.1 Å². The molecular weight excluding hydrogens is 645 g/mol. The minimum atomic E-state index is -0.307. The van der Waals surface area contributed by atoms with E-state index >= 15 is 0 Å². The average molecular weight is 689 g/mol. The zero-order valence-corrected chi connectivity index (χ0v) is 30.9. The minimum Gasteiger partial charge on any atom is -0.493 e. The first-order valence-corrected chi connectivity index (χ1v) is 18.7. The summed E-state index contributed by atoms with van der Waals surface area (Å²) in [6.45, 7) is 9.88. The van der Waals surface area contributed by atoms with Crippen LogP contribution in [0.2, 0.25) is 0 Å². The van der Waals surface area contributed by atoms with E-state index in [2.05, 4.69) is 184 Å². The van der Waals surface area contributed by atoms with Crippen molar-refractivity contribution in [1.29, 1.82) is 0 Å². The number of benzene rings is 8. The van der Waals surface area contributed by atoms with Gasteiger partial charge < -0.3 is 9.47 Å². The predicted molar refractivity (Wildman–Crippen MR) is 228 cm³/mol. The Balaban J connectivity index is 1.20. The average Bonchev–Trinajstić information content (AvgIpc) is 3.19. The number of fused-ring (bicyclic) bond motifs is 4. The summed E-state index contributed by atoms with van der Waals surface area (Å²) >= 11 is 0. The molecule has 260 valence electrons. The van der Waals surface area contributed by atoms with E-state index in [9.17, 15) is 0 Å². The Bertz CT molecular complexity index is 2380. The zero-order valence-electron chi connectivity index (χ0n) is 30.9. The molecular formula is C51H44O2. The van der Waals surface area contributed by atoms with Crippen molar-refractivity contribution in [3.8, 4) is 11.5 Å². The topological polar surface area (TPSA) is 18.5 Å². The van der Waals surface area contributed by atoms with E-state index in [1.54, 1.807) is 0 Å². The quantitative estimate of drug-likeness (QED) is 0.105. The summed E-state index contributed by atoms with van der Waals surface area (Å²) in [5, 5.41) is 9.90. The number of hydrogen-bond acceptors (Lipinski definition) is 2. The van der Waals surface area contributed by atoms with E-state index in [4.69, 9.17) is 9.47 Å². The van der Waals surface area contributed by atoms with Crippen molar-refractivity contribution < 1.29 is 9.47 Å². The van der Waals surface area contributed by atoms with Gasteiger partial charge in [-0.1, -0.05) is 147 Å². The molecule has 0 N–H and O–H groups in total. The summed E-state index contributed by atoms with van der Waals surface area (Å²) in [6, 6.07) is 52.4. The third-order valence-electron chi connectivity index (χ3n) is 10.5. The Labute approximate surface area is 312 Å². The molecule has 0 bridgehead atoms. The zero-order chi connectivity index (χ0) is 36.4. The van der Waals surface area contributed by atoms with Crippen LogP contribution in [0.5, 0.6) is 11.5 Å². The molecule has 0 aliphatic heterocycles. The lowest BCUT2D eigenvalue weighted by molar-refractivity contribution is 0.339. The Morgan fingerprint density at radius 3 is 1.09 bits per heavy atom. The normalized spacial score (nSPS) is 12.2. The monoisotopic (exact) mass is 688 g/mol. The summed E-state index contributed by atoms with van der Waals surface area (Å²) in [5.74, 6) is 1.76. The third-order valence-corrected chi connectivity index (χ3v) is 10.5. The molecule has 0 aliphatic carbocycles. The van der Waals surface area contributed by atoms with Crippen LogP contribution in [0.4, 0.5) is 0 Å². The highest BCUT2D eigenvalue weighted by Crippen LogP contribution is 2.39. The fraction of sp³-hybridized carbons (Fsp3) is 0.137. The predicted octanol–water partition coefficient (Wildman–Crippen LogP) is 13.8.